The molecule has 0 aromatic carbocycles. The maximum Gasteiger partial charge on any atom is 0.228 e. The van der Waals surface area contributed by atoms with Crippen LogP contribution < -0.4 is 0 Å². The van der Waals surface area contributed by atoms with Crippen LogP contribution in [0.25, 0.3) is 0 Å². The van der Waals surface area contributed by atoms with E-state index in [1.165, 1.54) is 7.11 Å². The zero-order chi connectivity index (χ0) is 16.4. The van der Waals surface area contributed by atoms with E-state index >= 15 is 0 Å². The van der Waals surface area contributed by atoms with E-state index in [0.717, 1.165) is 12.8 Å². The van der Waals surface area contributed by atoms with Crippen molar-refractivity contribution in [2.45, 2.75) is 45.5 Å². The maximum absolute atomic E-state index is 12.5. The molecule has 1 unspecified atom stereocenters. The maximum atomic E-state index is 12.5. The third-order valence-corrected chi connectivity index (χ3v) is 4.01. The molecule has 2 aliphatic rings. The lowest BCUT2D eigenvalue weighted by atomic mass is 9.86. The van der Waals surface area contributed by atoms with Crippen molar-refractivity contribution in [2.24, 2.45) is 5.41 Å². The summed E-state index contributed by atoms with van der Waals surface area (Å²) in [6.07, 6.45) is 4.58. The van der Waals surface area contributed by atoms with Crippen LogP contribution in [-0.2, 0) is 23.7 Å². The minimum atomic E-state index is -0.661. The summed E-state index contributed by atoms with van der Waals surface area (Å²) in [6.45, 7) is 7.29. The van der Waals surface area contributed by atoms with Gasteiger partial charge in [0, 0.05) is 12.5 Å². The summed E-state index contributed by atoms with van der Waals surface area (Å²) < 4.78 is 22.4. The van der Waals surface area contributed by atoms with Crippen LogP contribution in [0.5, 0.6) is 0 Å². The van der Waals surface area contributed by atoms with Gasteiger partial charge in [0.05, 0.1) is 25.9 Å². The Morgan fingerprint density at radius 2 is 1.86 bits per heavy atom. The highest BCUT2D eigenvalue weighted by Gasteiger charge is 2.40. The van der Waals surface area contributed by atoms with Gasteiger partial charge in [-0.05, 0) is 18.6 Å². The second-order valence-electron chi connectivity index (χ2n) is 6.67. The predicted octanol–water partition coefficient (Wildman–Crippen LogP) is 2.61. The fraction of sp³-hybridized carbons (Fsp3) is 0.706. The van der Waals surface area contributed by atoms with E-state index in [1.807, 2.05) is 6.08 Å². The van der Waals surface area contributed by atoms with Crippen molar-refractivity contribution >= 4 is 5.78 Å². The van der Waals surface area contributed by atoms with E-state index in [1.54, 1.807) is 13.2 Å². The molecular weight excluding hydrogens is 284 g/mol. The molecule has 5 nitrogen and oxygen atoms in total. The zero-order valence-electron chi connectivity index (χ0n) is 14.1. The average Bonchev–Trinajstić information content (AvgIpc) is 2.49. The van der Waals surface area contributed by atoms with Crippen molar-refractivity contribution in [3.63, 3.8) is 0 Å². The molecule has 0 aromatic rings. The number of carbonyl (C=O) groups is 1. The Bertz CT molecular complexity index is 481. The van der Waals surface area contributed by atoms with Crippen molar-refractivity contribution in [3.05, 3.63) is 23.5 Å². The van der Waals surface area contributed by atoms with Gasteiger partial charge in [0.25, 0.3) is 0 Å². The Kier molecular flexibility index (Phi) is 5.10. The molecule has 0 bridgehead atoms. The Morgan fingerprint density at radius 1 is 1.23 bits per heavy atom. The predicted molar refractivity (Wildman–Crippen MR) is 82.3 cm³/mol. The number of ketones is 1. The minimum Gasteiger partial charge on any atom is -0.493 e. The van der Waals surface area contributed by atoms with Crippen LogP contribution in [0.3, 0.4) is 0 Å². The van der Waals surface area contributed by atoms with Crippen molar-refractivity contribution in [1.29, 1.82) is 0 Å². The Morgan fingerprint density at radius 3 is 2.36 bits per heavy atom. The molecule has 1 fully saturated rings. The lowest BCUT2D eigenvalue weighted by Crippen LogP contribution is -2.43. The molecular formula is C17H26O5. The average molecular weight is 310 g/mol. The number of methoxy groups -OCH3 is 2. The van der Waals surface area contributed by atoms with E-state index in [4.69, 9.17) is 18.9 Å². The van der Waals surface area contributed by atoms with E-state index in [9.17, 15) is 4.79 Å². The first kappa shape index (κ1) is 17.2. The number of hydrogen-bond acceptors (Lipinski definition) is 5. The molecule has 0 saturated carbocycles. The zero-order valence-corrected chi connectivity index (χ0v) is 14.1. The fourth-order valence-electron chi connectivity index (χ4n) is 2.75. The van der Waals surface area contributed by atoms with Crippen molar-refractivity contribution in [1.82, 2.24) is 0 Å². The van der Waals surface area contributed by atoms with Crippen LogP contribution in [0.2, 0.25) is 0 Å². The van der Waals surface area contributed by atoms with Gasteiger partial charge >= 0.3 is 0 Å². The molecule has 0 spiro atoms. The summed E-state index contributed by atoms with van der Waals surface area (Å²) in [5.74, 6) is 0.0841. The Hall–Kier alpha value is -1.17. The SMILES string of the molecule is CCCC1(OC)C=C(OC)C(=O)C(C2OCC(C)(C)CO2)=C1. The first-order chi connectivity index (χ1) is 10.4. The number of rotatable bonds is 5. The lowest BCUT2D eigenvalue weighted by molar-refractivity contribution is -0.204. The molecule has 0 N–H and O–H groups in total. The largest absolute Gasteiger partial charge is 0.493 e. The molecule has 1 aliphatic heterocycles. The number of carbonyl (C=O) groups excluding carboxylic acids is 1. The summed E-state index contributed by atoms with van der Waals surface area (Å²) in [6, 6.07) is 0. The van der Waals surface area contributed by atoms with Gasteiger partial charge in [-0.1, -0.05) is 27.2 Å². The lowest BCUT2D eigenvalue weighted by Gasteiger charge is -2.38. The quantitative estimate of drug-likeness (QED) is 0.781. The third-order valence-electron chi connectivity index (χ3n) is 4.01. The molecule has 0 radical (unpaired) electrons. The van der Waals surface area contributed by atoms with Gasteiger partial charge < -0.3 is 18.9 Å². The molecule has 5 heteroatoms. The second-order valence-corrected chi connectivity index (χ2v) is 6.67. The van der Waals surface area contributed by atoms with E-state index in [0.29, 0.717) is 18.8 Å². The molecule has 1 atom stereocenters. The normalized spacial score (nSPS) is 29.0. The van der Waals surface area contributed by atoms with Gasteiger partial charge in [0.15, 0.2) is 12.0 Å². The highest BCUT2D eigenvalue weighted by atomic mass is 16.7. The van der Waals surface area contributed by atoms with E-state index in [-0.39, 0.29) is 17.0 Å². The van der Waals surface area contributed by atoms with Gasteiger partial charge in [-0.15, -0.1) is 0 Å². The fourth-order valence-corrected chi connectivity index (χ4v) is 2.75. The topological polar surface area (TPSA) is 54.0 Å². The molecule has 1 aliphatic carbocycles. The van der Waals surface area contributed by atoms with Crippen LogP contribution in [0.1, 0.15) is 33.6 Å². The highest BCUT2D eigenvalue weighted by Crippen LogP contribution is 2.34. The van der Waals surface area contributed by atoms with E-state index < -0.39 is 11.9 Å². The summed E-state index contributed by atoms with van der Waals surface area (Å²) >= 11 is 0. The van der Waals surface area contributed by atoms with Crippen molar-refractivity contribution in [3.8, 4) is 0 Å². The second kappa shape index (κ2) is 6.52. The Labute approximate surface area is 132 Å². The van der Waals surface area contributed by atoms with Gasteiger partial charge in [-0.2, -0.15) is 0 Å². The van der Waals surface area contributed by atoms with Crippen LogP contribution in [0.15, 0.2) is 23.5 Å². The van der Waals surface area contributed by atoms with Crippen LogP contribution in [0.4, 0.5) is 0 Å². The highest BCUT2D eigenvalue weighted by molar-refractivity contribution is 6.08. The van der Waals surface area contributed by atoms with Crippen molar-refractivity contribution < 1.29 is 23.7 Å². The van der Waals surface area contributed by atoms with Crippen LogP contribution in [-0.4, -0.2) is 45.1 Å². The van der Waals surface area contributed by atoms with Crippen LogP contribution >= 0.6 is 0 Å². The molecule has 124 valence electrons. The summed E-state index contributed by atoms with van der Waals surface area (Å²) in [7, 11) is 3.12. The first-order valence-corrected chi connectivity index (χ1v) is 7.69. The number of ether oxygens (including phenoxy) is 4. The monoisotopic (exact) mass is 310 g/mol. The van der Waals surface area contributed by atoms with Gasteiger partial charge in [-0.25, -0.2) is 0 Å². The molecule has 0 amide bonds. The van der Waals surface area contributed by atoms with Crippen LogP contribution in [0, 0.1) is 5.41 Å². The summed E-state index contributed by atoms with van der Waals surface area (Å²) in [4.78, 5) is 12.5. The number of allylic oxidation sites excluding steroid dienone is 1. The molecule has 0 aromatic heterocycles. The summed E-state index contributed by atoms with van der Waals surface area (Å²) in [5, 5.41) is 0. The third kappa shape index (κ3) is 3.42. The smallest absolute Gasteiger partial charge is 0.228 e. The molecule has 2 rings (SSSR count). The molecule has 1 saturated heterocycles. The summed E-state index contributed by atoms with van der Waals surface area (Å²) in [5.41, 5.74) is -0.232. The standard InChI is InChI=1S/C17H26O5/c1-6-7-17(20-5)8-12(14(18)13(9-17)19-4)15-21-10-16(2,3)11-22-15/h8-9,15H,6-7,10-11H2,1-5H3. The Balaban J connectivity index is 2.30. The van der Waals surface area contributed by atoms with Gasteiger partial charge in [0.2, 0.25) is 5.78 Å². The van der Waals surface area contributed by atoms with Crippen molar-refractivity contribution in [2.75, 3.05) is 27.4 Å². The van der Waals surface area contributed by atoms with Gasteiger partial charge in [-0.3, -0.25) is 4.79 Å². The minimum absolute atomic E-state index is 0.0452. The van der Waals surface area contributed by atoms with Gasteiger partial charge in [0.1, 0.15) is 5.60 Å². The number of Topliss-reactive ketones (excluding diaryl/α,β-unsaturated/α-hetero) is 1. The molecule has 22 heavy (non-hydrogen) atoms. The van der Waals surface area contributed by atoms with E-state index in [2.05, 4.69) is 20.8 Å². The number of hydrogen-bond donors (Lipinski definition) is 0. The first-order valence-electron chi connectivity index (χ1n) is 7.69. The molecule has 1 heterocycles.